The number of rotatable bonds is 10. The number of hydrogen-bond donors (Lipinski definition) is 4. The first-order chi connectivity index (χ1) is 19.7. The third-order valence-corrected chi connectivity index (χ3v) is 7.53. The summed E-state index contributed by atoms with van der Waals surface area (Å²) in [7, 11) is 1.69. The van der Waals surface area contributed by atoms with Crippen molar-refractivity contribution in [3.63, 3.8) is 0 Å². The number of aliphatic hydroxyl groups is 2. The fraction of sp³-hybridized carbons (Fsp3) is 0.471. The van der Waals surface area contributed by atoms with Crippen LogP contribution in [0, 0.1) is 11.8 Å². The third kappa shape index (κ3) is 11.7. The number of hydrogen-bond acceptors (Lipinski definition) is 7. The molecule has 1 aromatic rings. The molecule has 2 aliphatic carbocycles. The quantitative estimate of drug-likeness (QED) is 0.0993. The van der Waals surface area contributed by atoms with Gasteiger partial charge >= 0.3 is 0 Å². The highest BCUT2D eigenvalue weighted by Crippen LogP contribution is 2.36. The van der Waals surface area contributed by atoms with Crippen LogP contribution in [0.2, 0.25) is 0 Å². The first kappa shape index (κ1) is 35.3. The van der Waals surface area contributed by atoms with E-state index in [4.69, 9.17) is 20.7 Å². The maximum atomic E-state index is 12.5. The molecular formula is C34H50N2O5. The van der Waals surface area contributed by atoms with E-state index in [0.717, 1.165) is 50.7 Å². The van der Waals surface area contributed by atoms with Crippen molar-refractivity contribution in [3.05, 3.63) is 89.7 Å². The monoisotopic (exact) mass is 566 g/mol. The van der Waals surface area contributed by atoms with E-state index in [-0.39, 0.29) is 17.8 Å². The highest BCUT2D eigenvalue weighted by Gasteiger charge is 2.34. The maximum absolute atomic E-state index is 12.5. The van der Waals surface area contributed by atoms with Crippen molar-refractivity contribution in [2.24, 2.45) is 17.6 Å². The van der Waals surface area contributed by atoms with Crippen molar-refractivity contribution in [3.8, 4) is 5.75 Å². The molecule has 7 heteroatoms. The number of allylic oxidation sites excluding steroid dienone is 7. The van der Waals surface area contributed by atoms with Gasteiger partial charge in [-0.2, -0.15) is 0 Å². The van der Waals surface area contributed by atoms with Crippen LogP contribution in [-0.4, -0.2) is 34.9 Å². The van der Waals surface area contributed by atoms with E-state index in [1.807, 2.05) is 18.2 Å². The molecule has 0 heterocycles. The number of nitrogens with two attached hydrogens (primary N) is 1. The Labute approximate surface area is 246 Å². The molecule has 0 radical (unpaired) electrons. The van der Waals surface area contributed by atoms with Gasteiger partial charge in [0.2, 0.25) is 5.78 Å². The van der Waals surface area contributed by atoms with Gasteiger partial charge in [-0.05, 0) is 95.6 Å². The SMILES string of the molecule is C=C/C=C(CC)\C(C)=C/C.CN/C(C(=O)c1ccc(OC2CCCC(C(=O)C3CCC3)C2)cc1)=C(\C)N.OC=CO. The second-order valence-corrected chi connectivity index (χ2v) is 10.3. The fourth-order valence-corrected chi connectivity index (χ4v) is 4.90. The molecular weight excluding hydrogens is 516 g/mol. The first-order valence-electron chi connectivity index (χ1n) is 14.5. The summed E-state index contributed by atoms with van der Waals surface area (Å²) in [5.74, 6) is 1.53. The molecule has 7 nitrogen and oxygen atoms in total. The predicted molar refractivity (Wildman–Crippen MR) is 168 cm³/mol. The van der Waals surface area contributed by atoms with Gasteiger partial charge in [-0.3, -0.25) is 9.59 Å². The third-order valence-electron chi connectivity index (χ3n) is 7.53. The Kier molecular flexibility index (Phi) is 16.7. The van der Waals surface area contributed by atoms with Crippen LogP contribution in [0.1, 0.15) is 89.4 Å². The molecule has 0 saturated heterocycles. The average Bonchev–Trinajstić information content (AvgIpc) is 2.95. The van der Waals surface area contributed by atoms with Gasteiger partial charge in [0.25, 0.3) is 0 Å². The minimum absolute atomic E-state index is 0.0772. The number of benzene rings is 1. The zero-order valence-corrected chi connectivity index (χ0v) is 25.5. The van der Waals surface area contributed by atoms with Gasteiger partial charge in [-0.25, -0.2) is 0 Å². The van der Waals surface area contributed by atoms with Crippen molar-refractivity contribution in [1.29, 1.82) is 0 Å². The summed E-state index contributed by atoms with van der Waals surface area (Å²) in [5.41, 5.74) is 9.92. The van der Waals surface area contributed by atoms with Crippen molar-refractivity contribution < 1.29 is 24.5 Å². The summed E-state index contributed by atoms with van der Waals surface area (Å²) in [6.45, 7) is 11.7. The molecule has 5 N–H and O–H groups in total. The van der Waals surface area contributed by atoms with Crippen LogP contribution >= 0.6 is 0 Å². The average molecular weight is 567 g/mol. The van der Waals surface area contributed by atoms with E-state index in [1.54, 1.807) is 26.1 Å². The van der Waals surface area contributed by atoms with Crippen molar-refractivity contribution >= 4 is 11.6 Å². The summed E-state index contributed by atoms with van der Waals surface area (Å²) in [5, 5.41) is 17.7. The van der Waals surface area contributed by atoms with Gasteiger partial charge < -0.3 is 26.0 Å². The number of carbonyl (C=O) groups excluding carboxylic acids is 2. The molecule has 2 aliphatic rings. The summed E-state index contributed by atoms with van der Waals surface area (Å²) in [6.07, 6.45) is 15.5. The molecule has 0 amide bonds. The molecule has 0 aliphatic heterocycles. The zero-order chi connectivity index (χ0) is 30.8. The van der Waals surface area contributed by atoms with Crippen molar-refractivity contribution in [2.75, 3.05) is 7.05 Å². The number of likely N-dealkylation sites (N-methyl/N-ethyl adjacent to an activating group) is 1. The number of ketones is 2. The lowest BCUT2D eigenvalue weighted by Gasteiger charge is -2.33. The molecule has 41 heavy (non-hydrogen) atoms. The normalized spacial score (nSPS) is 19.8. The van der Waals surface area contributed by atoms with Crippen LogP contribution in [0.25, 0.3) is 0 Å². The van der Waals surface area contributed by atoms with E-state index in [0.29, 0.717) is 41.2 Å². The van der Waals surface area contributed by atoms with E-state index < -0.39 is 0 Å². The fourth-order valence-electron chi connectivity index (χ4n) is 4.90. The Balaban J connectivity index is 0.000000501. The smallest absolute Gasteiger partial charge is 0.210 e. The number of Topliss-reactive ketones (excluding diaryl/α,β-unsaturated/α-hetero) is 2. The van der Waals surface area contributed by atoms with Crippen LogP contribution in [-0.2, 0) is 4.79 Å². The lowest BCUT2D eigenvalue weighted by Crippen LogP contribution is -2.35. The molecule has 0 aromatic heterocycles. The number of ether oxygens (including phenoxy) is 1. The molecule has 3 rings (SSSR count). The first-order valence-corrected chi connectivity index (χ1v) is 14.5. The minimum atomic E-state index is -0.132. The second kappa shape index (κ2) is 19.4. The summed E-state index contributed by atoms with van der Waals surface area (Å²) in [6, 6.07) is 7.17. The largest absolute Gasteiger partial charge is 0.512 e. The van der Waals surface area contributed by atoms with E-state index in [1.165, 1.54) is 17.6 Å². The molecule has 2 fully saturated rings. The molecule has 2 saturated carbocycles. The molecule has 1 aromatic carbocycles. The van der Waals surface area contributed by atoms with Gasteiger partial charge in [0, 0.05) is 30.1 Å². The van der Waals surface area contributed by atoms with Gasteiger partial charge in [0.15, 0.2) is 0 Å². The summed E-state index contributed by atoms with van der Waals surface area (Å²) < 4.78 is 6.12. The predicted octanol–water partition coefficient (Wildman–Crippen LogP) is 7.63. The maximum Gasteiger partial charge on any atom is 0.210 e. The Morgan fingerprint density at radius 2 is 1.63 bits per heavy atom. The molecule has 226 valence electrons. The molecule has 0 bridgehead atoms. The van der Waals surface area contributed by atoms with Crippen LogP contribution in [0.3, 0.4) is 0 Å². The van der Waals surface area contributed by atoms with E-state index in [2.05, 4.69) is 44.8 Å². The Hall–Kier alpha value is -3.74. The van der Waals surface area contributed by atoms with Crippen LogP contribution in [0.5, 0.6) is 5.75 Å². The minimum Gasteiger partial charge on any atom is -0.512 e. The highest BCUT2D eigenvalue weighted by molar-refractivity contribution is 6.08. The number of carbonyl (C=O) groups is 2. The standard InChI is InChI=1S/C22H30N2O3.C10H16.C2H4O2/c1-14(23)20(24-2)22(26)16-9-11-18(12-10-16)27-19-8-4-7-17(13-19)21(25)15-5-3-6-15;1-5-8-10(7-3)9(4)6-2;3-1-2-4/h9-12,15,17,19,24H,3-8,13,23H2,1-2H3;5-6,8H,1,7H2,2-4H3;1-4H/b20-14+;9-6-,10-8-;. The van der Waals surface area contributed by atoms with E-state index >= 15 is 0 Å². The topological polar surface area (TPSA) is 122 Å². The Morgan fingerprint density at radius 3 is 2.07 bits per heavy atom. The zero-order valence-electron chi connectivity index (χ0n) is 25.5. The number of aliphatic hydroxyl groups excluding tert-OH is 2. The Bertz CT molecular complexity index is 1090. The molecule has 2 unspecified atom stereocenters. The molecule has 0 spiro atoms. The second-order valence-electron chi connectivity index (χ2n) is 10.3. The van der Waals surface area contributed by atoms with Gasteiger partial charge in [-0.15, -0.1) is 0 Å². The summed E-state index contributed by atoms with van der Waals surface area (Å²) in [4.78, 5) is 25.0. The van der Waals surface area contributed by atoms with Crippen molar-refractivity contribution in [1.82, 2.24) is 5.32 Å². The highest BCUT2D eigenvalue weighted by atomic mass is 16.5. The van der Waals surface area contributed by atoms with E-state index in [9.17, 15) is 9.59 Å². The van der Waals surface area contributed by atoms with Crippen LogP contribution in [0.4, 0.5) is 0 Å². The van der Waals surface area contributed by atoms with Gasteiger partial charge in [-0.1, -0.05) is 43.7 Å². The van der Waals surface area contributed by atoms with Gasteiger partial charge in [0.1, 0.15) is 29.8 Å². The number of nitrogens with one attached hydrogen (secondary N) is 1. The summed E-state index contributed by atoms with van der Waals surface area (Å²) >= 11 is 0. The van der Waals surface area contributed by atoms with Crippen molar-refractivity contribution in [2.45, 2.75) is 85.2 Å². The Morgan fingerprint density at radius 1 is 1.05 bits per heavy atom. The van der Waals surface area contributed by atoms with Crippen LogP contribution < -0.4 is 15.8 Å². The molecule has 2 atom stereocenters. The van der Waals surface area contributed by atoms with Gasteiger partial charge in [0.05, 0.1) is 6.10 Å². The lowest BCUT2D eigenvalue weighted by atomic mass is 9.73. The lowest BCUT2D eigenvalue weighted by molar-refractivity contribution is -0.131. The van der Waals surface area contributed by atoms with Crippen LogP contribution in [0.15, 0.2) is 84.1 Å².